The molecule has 0 radical (unpaired) electrons. The van der Waals surface area contributed by atoms with E-state index in [9.17, 15) is 13.0 Å². The van der Waals surface area contributed by atoms with Crippen LogP contribution in [0.2, 0.25) is 0 Å². The first-order chi connectivity index (χ1) is 7.91. The zero-order valence-corrected chi connectivity index (χ0v) is 13.1. The monoisotopic (exact) mass is 270 g/mol. The molecule has 88 valence electrons. The molecule has 0 aromatic heterocycles. The first-order valence-electron chi connectivity index (χ1n) is 5.05. The number of hydrogen-bond acceptors (Lipinski definition) is 3. The molecule has 0 aliphatic carbocycles. The van der Waals surface area contributed by atoms with Gasteiger partial charge in [-0.15, -0.1) is 0 Å². The maximum Gasteiger partial charge on any atom is 1.00 e. The molecule has 2 aromatic rings. The largest absolute Gasteiger partial charge is 1.00 e. The van der Waals surface area contributed by atoms with Crippen LogP contribution in [0.1, 0.15) is 12.5 Å². The topological polar surface area (TPSA) is 57.2 Å². The van der Waals surface area contributed by atoms with Crippen LogP contribution < -0.4 is 29.6 Å². The van der Waals surface area contributed by atoms with Crippen LogP contribution in [0.4, 0.5) is 0 Å². The van der Waals surface area contributed by atoms with E-state index in [0.717, 1.165) is 10.8 Å². The van der Waals surface area contributed by atoms with Gasteiger partial charge in [0.25, 0.3) is 0 Å². The van der Waals surface area contributed by atoms with Gasteiger partial charge in [-0.1, -0.05) is 36.9 Å². The van der Waals surface area contributed by atoms with Gasteiger partial charge in [-0.3, -0.25) is 0 Å². The second-order valence-electron chi connectivity index (χ2n) is 3.89. The Kier molecular flexibility index (Phi) is 4.75. The standard InChI is InChI=1S/C13H12O3S.Na/c1-9(2)13-11-6-4-3-5-10(11)7-8-12(13)17(14,15)16;/h3-8H,1H2,2H3,(H,14,15,16);/q;+1/p-1. The predicted molar refractivity (Wildman–Crippen MR) is 66.6 cm³/mol. The molecule has 5 heteroatoms. The molecule has 18 heavy (non-hydrogen) atoms. The number of hydrogen-bond donors (Lipinski definition) is 0. The Morgan fingerprint density at radius 2 is 1.78 bits per heavy atom. The molecule has 0 amide bonds. The van der Waals surface area contributed by atoms with Crippen molar-refractivity contribution in [3.05, 3.63) is 48.5 Å². The smallest absolute Gasteiger partial charge is 0.744 e. The summed E-state index contributed by atoms with van der Waals surface area (Å²) in [5, 5.41) is 1.62. The summed E-state index contributed by atoms with van der Waals surface area (Å²) < 4.78 is 33.6. The fourth-order valence-electron chi connectivity index (χ4n) is 1.90. The van der Waals surface area contributed by atoms with E-state index in [1.165, 1.54) is 6.07 Å². The van der Waals surface area contributed by atoms with Crippen molar-refractivity contribution in [2.75, 3.05) is 0 Å². The minimum absolute atomic E-state index is 0. The summed E-state index contributed by atoms with van der Waals surface area (Å²) in [5.74, 6) is 0. The van der Waals surface area contributed by atoms with Crippen LogP contribution in [0.15, 0.2) is 47.9 Å². The van der Waals surface area contributed by atoms with Crippen molar-refractivity contribution in [3.63, 3.8) is 0 Å². The Morgan fingerprint density at radius 3 is 2.33 bits per heavy atom. The van der Waals surface area contributed by atoms with Crippen LogP contribution >= 0.6 is 0 Å². The van der Waals surface area contributed by atoms with Crippen LogP contribution in [0, 0.1) is 0 Å². The van der Waals surface area contributed by atoms with E-state index in [0.29, 0.717) is 11.1 Å². The van der Waals surface area contributed by atoms with Gasteiger partial charge < -0.3 is 4.55 Å². The van der Waals surface area contributed by atoms with Crippen molar-refractivity contribution in [2.24, 2.45) is 0 Å². The third-order valence-electron chi connectivity index (χ3n) is 2.59. The van der Waals surface area contributed by atoms with E-state index in [1.54, 1.807) is 25.1 Å². The number of benzene rings is 2. The Balaban J connectivity index is 0.00000162. The molecule has 0 N–H and O–H groups in total. The number of rotatable bonds is 2. The first kappa shape index (κ1) is 15.4. The second-order valence-corrected chi connectivity index (χ2v) is 5.24. The van der Waals surface area contributed by atoms with Crippen LogP contribution in [0.5, 0.6) is 0 Å². The average Bonchev–Trinajstić information content (AvgIpc) is 2.26. The fraction of sp³-hybridized carbons (Fsp3) is 0.0769. The van der Waals surface area contributed by atoms with Gasteiger partial charge >= 0.3 is 29.6 Å². The summed E-state index contributed by atoms with van der Waals surface area (Å²) in [5.41, 5.74) is 0.981. The van der Waals surface area contributed by atoms with E-state index in [-0.39, 0.29) is 34.5 Å². The van der Waals surface area contributed by atoms with Gasteiger partial charge in [0, 0.05) is 5.56 Å². The number of allylic oxidation sites excluding steroid dienone is 1. The van der Waals surface area contributed by atoms with Crippen molar-refractivity contribution in [3.8, 4) is 0 Å². The van der Waals surface area contributed by atoms with Gasteiger partial charge in [0.2, 0.25) is 0 Å². The first-order valence-corrected chi connectivity index (χ1v) is 6.45. The van der Waals surface area contributed by atoms with E-state index in [2.05, 4.69) is 6.58 Å². The summed E-state index contributed by atoms with van der Waals surface area (Å²) in [6, 6.07) is 10.3. The molecule has 0 unspecified atom stereocenters. The molecule has 3 nitrogen and oxygen atoms in total. The van der Waals surface area contributed by atoms with Gasteiger partial charge in [-0.2, -0.15) is 0 Å². The molecule has 0 atom stereocenters. The van der Waals surface area contributed by atoms with Gasteiger partial charge in [0.15, 0.2) is 0 Å². The van der Waals surface area contributed by atoms with E-state index < -0.39 is 10.1 Å². The molecule has 0 bridgehead atoms. The van der Waals surface area contributed by atoms with Gasteiger partial charge in [-0.25, -0.2) is 8.42 Å². The Labute approximate surface area is 129 Å². The molecular formula is C13H11NaO3S. The molecule has 0 heterocycles. The molecule has 0 saturated heterocycles. The Hall–Kier alpha value is -0.650. The Bertz CT molecular complexity index is 705. The van der Waals surface area contributed by atoms with E-state index >= 15 is 0 Å². The molecule has 0 aliphatic rings. The normalized spacial score (nSPS) is 11.0. The van der Waals surface area contributed by atoms with Gasteiger partial charge in [0.05, 0.1) is 4.90 Å². The summed E-state index contributed by atoms with van der Waals surface area (Å²) in [4.78, 5) is -0.205. The zero-order valence-electron chi connectivity index (χ0n) is 10.3. The summed E-state index contributed by atoms with van der Waals surface area (Å²) in [7, 11) is -4.48. The predicted octanol–water partition coefficient (Wildman–Crippen LogP) is -0.219. The third-order valence-corrected chi connectivity index (χ3v) is 3.47. The second kappa shape index (κ2) is 5.55. The summed E-state index contributed by atoms with van der Waals surface area (Å²) >= 11 is 0. The summed E-state index contributed by atoms with van der Waals surface area (Å²) in [6.07, 6.45) is 0. The fourth-order valence-corrected chi connectivity index (χ4v) is 2.67. The van der Waals surface area contributed by atoms with Crippen molar-refractivity contribution in [2.45, 2.75) is 11.8 Å². The minimum Gasteiger partial charge on any atom is -0.744 e. The van der Waals surface area contributed by atoms with E-state index in [4.69, 9.17) is 0 Å². The summed E-state index contributed by atoms with van der Waals surface area (Å²) in [6.45, 7) is 5.44. The molecular weight excluding hydrogens is 259 g/mol. The van der Waals surface area contributed by atoms with Crippen molar-refractivity contribution in [1.29, 1.82) is 0 Å². The molecule has 0 spiro atoms. The van der Waals surface area contributed by atoms with Crippen LogP contribution in [0.3, 0.4) is 0 Å². The zero-order chi connectivity index (χ0) is 12.6. The maximum atomic E-state index is 11.2. The number of fused-ring (bicyclic) bond motifs is 1. The van der Waals surface area contributed by atoms with Crippen molar-refractivity contribution >= 4 is 26.5 Å². The quantitative estimate of drug-likeness (QED) is 0.560. The molecule has 0 saturated carbocycles. The van der Waals surface area contributed by atoms with Gasteiger partial charge in [-0.05, 0) is 29.3 Å². The maximum absolute atomic E-state index is 11.2. The van der Waals surface area contributed by atoms with Crippen LogP contribution in [0.25, 0.3) is 16.3 Å². The van der Waals surface area contributed by atoms with Crippen LogP contribution in [-0.2, 0) is 10.1 Å². The Morgan fingerprint density at radius 1 is 1.17 bits per heavy atom. The minimum atomic E-state index is -4.48. The molecule has 2 rings (SSSR count). The van der Waals surface area contributed by atoms with Crippen molar-refractivity contribution < 1.29 is 42.5 Å². The third kappa shape index (κ3) is 2.84. The van der Waals surface area contributed by atoms with E-state index in [1.807, 2.05) is 12.1 Å². The molecule has 0 aliphatic heterocycles. The molecule has 2 aromatic carbocycles. The van der Waals surface area contributed by atoms with Crippen molar-refractivity contribution in [1.82, 2.24) is 0 Å². The molecule has 0 fully saturated rings. The SMILES string of the molecule is C=C(C)c1c(S(=O)(=O)[O-])ccc2ccccc12.[Na+]. The van der Waals surface area contributed by atoms with Gasteiger partial charge in [0.1, 0.15) is 10.1 Å². The average molecular weight is 270 g/mol. The van der Waals surface area contributed by atoms with Crippen LogP contribution in [-0.4, -0.2) is 13.0 Å².